The van der Waals surface area contributed by atoms with Gasteiger partial charge in [-0.3, -0.25) is 9.98 Å². The first-order chi connectivity index (χ1) is 21.8. The van der Waals surface area contributed by atoms with Crippen molar-refractivity contribution < 1.29 is 0 Å². The van der Waals surface area contributed by atoms with Crippen LogP contribution in [0.4, 0.5) is 0 Å². The molecule has 1 aliphatic heterocycles. The first-order valence-corrected chi connectivity index (χ1v) is 15.5. The molecule has 8 rings (SSSR count). The van der Waals surface area contributed by atoms with Gasteiger partial charge >= 0.3 is 0 Å². The standard InChI is InChI=1S/C42H32N2/c1-2-28-15-17-30(18-16-28)41-35-11-5-7-13-37(35)42(38-14-8-6-12-36(38)41)39-20-19-32(33-9-3-4-10-34(33)39)31-23-26-44-40(27-31)29-21-24-43-25-22-29/h3-26,31H,2,27H2,1H3. The minimum atomic E-state index is 0.247. The van der Waals surface area contributed by atoms with Crippen molar-refractivity contribution in [2.75, 3.05) is 0 Å². The average molecular weight is 565 g/mol. The molecule has 1 aromatic heterocycles. The molecule has 0 radical (unpaired) electrons. The van der Waals surface area contributed by atoms with Crippen molar-refractivity contribution >= 4 is 38.0 Å². The number of allylic oxidation sites excluding steroid dienone is 1. The molecule has 0 saturated heterocycles. The minimum Gasteiger partial charge on any atom is -0.265 e. The van der Waals surface area contributed by atoms with Gasteiger partial charge in [0.2, 0.25) is 0 Å². The maximum atomic E-state index is 4.74. The first kappa shape index (κ1) is 26.3. The van der Waals surface area contributed by atoms with Crippen LogP contribution in [0, 0.1) is 0 Å². The number of nitrogens with zero attached hydrogens (tertiary/aromatic N) is 2. The van der Waals surface area contributed by atoms with Gasteiger partial charge in [-0.2, -0.15) is 0 Å². The molecule has 0 bridgehead atoms. The van der Waals surface area contributed by atoms with E-state index in [-0.39, 0.29) is 5.92 Å². The number of fused-ring (bicyclic) bond motifs is 3. The topological polar surface area (TPSA) is 25.2 Å². The highest BCUT2D eigenvalue weighted by molar-refractivity contribution is 6.23. The molecule has 2 heteroatoms. The Kier molecular flexibility index (Phi) is 6.61. The SMILES string of the molecule is CCc1ccc(-c2c3ccccc3c(-c3ccc(C4C=CN=C(c5ccncc5)C4)c4ccccc34)c3ccccc23)cc1. The molecular formula is C42H32N2. The lowest BCUT2D eigenvalue weighted by Crippen LogP contribution is -2.10. The van der Waals surface area contributed by atoms with E-state index in [2.05, 4.69) is 127 Å². The summed E-state index contributed by atoms with van der Waals surface area (Å²) in [4.78, 5) is 8.94. The summed E-state index contributed by atoms with van der Waals surface area (Å²) in [5.74, 6) is 0.247. The normalized spacial score (nSPS) is 14.8. The van der Waals surface area contributed by atoms with Crippen molar-refractivity contribution in [3.8, 4) is 22.3 Å². The van der Waals surface area contributed by atoms with Crippen molar-refractivity contribution in [1.82, 2.24) is 4.98 Å². The highest BCUT2D eigenvalue weighted by atomic mass is 14.7. The molecular weight excluding hydrogens is 532 g/mol. The van der Waals surface area contributed by atoms with Crippen LogP contribution in [-0.2, 0) is 6.42 Å². The van der Waals surface area contributed by atoms with Gasteiger partial charge in [-0.15, -0.1) is 0 Å². The van der Waals surface area contributed by atoms with Crippen molar-refractivity contribution in [1.29, 1.82) is 0 Å². The molecule has 210 valence electrons. The Morgan fingerprint density at radius 1 is 0.568 bits per heavy atom. The largest absolute Gasteiger partial charge is 0.265 e. The molecule has 2 nitrogen and oxygen atoms in total. The van der Waals surface area contributed by atoms with E-state index in [0.29, 0.717) is 0 Å². The Hall–Kier alpha value is -5.34. The second-order valence-corrected chi connectivity index (χ2v) is 11.6. The van der Waals surface area contributed by atoms with E-state index in [1.807, 2.05) is 30.7 Å². The van der Waals surface area contributed by atoms with Crippen molar-refractivity contribution in [2.24, 2.45) is 4.99 Å². The summed E-state index contributed by atoms with van der Waals surface area (Å²) in [5.41, 5.74) is 10.1. The van der Waals surface area contributed by atoms with E-state index in [0.717, 1.165) is 24.1 Å². The number of aliphatic imine (C=N–C) groups is 1. The third-order valence-corrected chi connectivity index (χ3v) is 9.18. The summed E-state index contributed by atoms with van der Waals surface area (Å²) in [7, 11) is 0. The van der Waals surface area contributed by atoms with Crippen LogP contribution in [0.3, 0.4) is 0 Å². The van der Waals surface area contributed by atoms with Crippen molar-refractivity contribution in [3.05, 3.63) is 163 Å². The van der Waals surface area contributed by atoms with Crippen LogP contribution < -0.4 is 0 Å². The second kappa shape index (κ2) is 11.1. The van der Waals surface area contributed by atoms with Crippen molar-refractivity contribution in [3.63, 3.8) is 0 Å². The number of rotatable bonds is 5. The van der Waals surface area contributed by atoms with Gasteiger partial charge in [-0.05, 0) is 89.8 Å². The second-order valence-electron chi connectivity index (χ2n) is 11.6. The first-order valence-electron chi connectivity index (χ1n) is 15.5. The maximum absolute atomic E-state index is 4.74. The molecule has 44 heavy (non-hydrogen) atoms. The number of hydrogen-bond acceptors (Lipinski definition) is 2. The van der Waals surface area contributed by atoms with Crippen LogP contribution in [0.15, 0.2) is 151 Å². The minimum absolute atomic E-state index is 0.247. The van der Waals surface area contributed by atoms with Gasteiger partial charge in [-0.1, -0.05) is 122 Å². The lowest BCUT2D eigenvalue weighted by atomic mass is 9.82. The number of benzene rings is 6. The molecule has 2 heterocycles. The van der Waals surface area contributed by atoms with Gasteiger partial charge in [0.25, 0.3) is 0 Å². The van der Waals surface area contributed by atoms with E-state index in [1.54, 1.807) is 0 Å². The molecule has 1 unspecified atom stereocenters. The molecule has 7 aromatic rings. The van der Waals surface area contributed by atoms with E-state index in [1.165, 1.54) is 65.7 Å². The van der Waals surface area contributed by atoms with Gasteiger partial charge in [0.15, 0.2) is 0 Å². The van der Waals surface area contributed by atoms with Gasteiger partial charge in [0.05, 0.1) is 0 Å². The highest BCUT2D eigenvalue weighted by Crippen LogP contribution is 2.46. The predicted molar refractivity (Wildman–Crippen MR) is 186 cm³/mol. The van der Waals surface area contributed by atoms with Gasteiger partial charge < -0.3 is 0 Å². The summed E-state index contributed by atoms with van der Waals surface area (Å²) in [6.07, 6.45) is 9.81. The van der Waals surface area contributed by atoms with E-state index in [9.17, 15) is 0 Å². The molecule has 0 saturated carbocycles. The Morgan fingerprint density at radius 3 is 1.80 bits per heavy atom. The number of pyridine rings is 1. The molecule has 0 N–H and O–H groups in total. The zero-order valence-electron chi connectivity index (χ0n) is 24.7. The molecule has 0 spiro atoms. The van der Waals surface area contributed by atoms with Crippen LogP contribution in [0.1, 0.15) is 36.0 Å². The third kappa shape index (κ3) is 4.42. The Labute approximate surface area is 258 Å². The maximum Gasteiger partial charge on any atom is 0.0486 e. The fourth-order valence-corrected chi connectivity index (χ4v) is 7.02. The molecule has 1 aliphatic rings. The van der Waals surface area contributed by atoms with Crippen LogP contribution in [0.25, 0.3) is 54.6 Å². The van der Waals surface area contributed by atoms with Crippen LogP contribution in [-0.4, -0.2) is 10.7 Å². The van der Waals surface area contributed by atoms with Gasteiger partial charge in [0, 0.05) is 36.6 Å². The third-order valence-electron chi connectivity index (χ3n) is 9.18. The van der Waals surface area contributed by atoms with Gasteiger partial charge in [-0.25, -0.2) is 0 Å². The smallest absolute Gasteiger partial charge is 0.0486 e. The lowest BCUT2D eigenvalue weighted by Gasteiger charge is -2.22. The fourth-order valence-electron chi connectivity index (χ4n) is 7.02. The average Bonchev–Trinajstić information content (AvgIpc) is 3.11. The zero-order valence-corrected chi connectivity index (χ0v) is 24.7. The quantitative estimate of drug-likeness (QED) is 0.191. The molecule has 0 aliphatic carbocycles. The molecule has 0 amide bonds. The molecule has 0 fully saturated rings. The fraction of sp³-hybridized carbons (Fsp3) is 0.0952. The summed E-state index contributed by atoms with van der Waals surface area (Å²) < 4.78 is 0. The van der Waals surface area contributed by atoms with E-state index >= 15 is 0 Å². The lowest BCUT2D eigenvalue weighted by molar-refractivity contribution is 0.883. The van der Waals surface area contributed by atoms with Crippen molar-refractivity contribution in [2.45, 2.75) is 25.7 Å². The summed E-state index contributed by atoms with van der Waals surface area (Å²) >= 11 is 0. The highest BCUT2D eigenvalue weighted by Gasteiger charge is 2.22. The van der Waals surface area contributed by atoms with Gasteiger partial charge in [0.1, 0.15) is 0 Å². The number of hydrogen-bond donors (Lipinski definition) is 0. The van der Waals surface area contributed by atoms with Crippen LogP contribution in [0.5, 0.6) is 0 Å². The Bertz CT molecular complexity index is 2170. The number of aryl methyl sites for hydroxylation is 1. The Balaban J connectivity index is 1.34. The summed E-state index contributed by atoms with van der Waals surface area (Å²) in [5, 5.41) is 7.70. The predicted octanol–water partition coefficient (Wildman–Crippen LogP) is 10.9. The van der Waals surface area contributed by atoms with E-state index in [4.69, 9.17) is 4.99 Å². The molecule has 1 atom stereocenters. The Morgan fingerprint density at radius 2 is 1.16 bits per heavy atom. The zero-order chi connectivity index (χ0) is 29.5. The van der Waals surface area contributed by atoms with Crippen LogP contribution >= 0.6 is 0 Å². The monoisotopic (exact) mass is 564 g/mol. The summed E-state index contributed by atoms with van der Waals surface area (Å²) in [6.45, 7) is 2.21. The van der Waals surface area contributed by atoms with E-state index < -0.39 is 0 Å². The summed E-state index contributed by atoms with van der Waals surface area (Å²) in [6, 6.07) is 44.7. The molecule has 6 aromatic carbocycles. The number of aromatic nitrogens is 1. The van der Waals surface area contributed by atoms with Crippen LogP contribution in [0.2, 0.25) is 0 Å².